The first-order valence-electron chi connectivity index (χ1n) is 30.0. The molecule has 0 aromatic rings. The van der Waals surface area contributed by atoms with Gasteiger partial charge in [-0.15, -0.1) is 0 Å². The Kier molecular flexibility index (Phi) is 68.8. The molecule has 3 saturated heterocycles. The van der Waals surface area contributed by atoms with E-state index >= 15 is 0 Å². The number of hydrogen-bond acceptors (Lipinski definition) is 21. The lowest BCUT2D eigenvalue weighted by atomic mass is 9.92. The van der Waals surface area contributed by atoms with Crippen LogP contribution in [0, 0.1) is 23.7 Å². The van der Waals surface area contributed by atoms with Crippen molar-refractivity contribution in [3.8, 4) is 0 Å². The van der Waals surface area contributed by atoms with E-state index in [-0.39, 0.29) is 103 Å². The van der Waals surface area contributed by atoms with Gasteiger partial charge >= 0.3 is 0 Å². The van der Waals surface area contributed by atoms with Crippen molar-refractivity contribution in [3.05, 3.63) is 0 Å². The molecule has 21 heteroatoms. The Balaban J connectivity index is -0.000000301. The number of carbonyl (C=O) groups excluding carboxylic acids is 3. The molecule has 9 N–H and O–H groups in total. The molecular weight excluding hydrogens is 1130 g/mol. The minimum absolute atomic E-state index is 0. The number of rotatable bonds is 45. The molecule has 0 amide bonds. The molecule has 3 rings (SSSR count). The van der Waals surface area contributed by atoms with E-state index in [4.69, 9.17) is 42.6 Å². The van der Waals surface area contributed by atoms with Crippen molar-refractivity contribution < 1.29 is 103 Å². The van der Waals surface area contributed by atoms with Crippen LogP contribution in [0.1, 0.15) is 235 Å². The van der Waals surface area contributed by atoms with Gasteiger partial charge in [-0.25, -0.2) is 0 Å². The van der Waals surface area contributed by atoms with Gasteiger partial charge in [-0.05, 0) is 50.9 Å². The fraction of sp³-hybridized carbons (Fsp3) is 0.955. The lowest BCUT2D eigenvalue weighted by Crippen LogP contribution is -2.55. The van der Waals surface area contributed by atoms with Crippen molar-refractivity contribution >= 4 is 17.3 Å². The number of unbranched alkanes of at least 4 members (excludes halogenated alkanes) is 12. The van der Waals surface area contributed by atoms with Crippen LogP contribution in [0.3, 0.4) is 0 Å². The fourth-order valence-electron chi connectivity index (χ4n) is 9.37. The molecule has 0 saturated carbocycles. The topological polar surface area (TPSA) is 316 Å². The van der Waals surface area contributed by atoms with Gasteiger partial charge in [-0.2, -0.15) is 0 Å². The molecule has 15 atom stereocenters. The predicted molar refractivity (Wildman–Crippen MR) is 346 cm³/mol. The zero-order valence-corrected chi connectivity index (χ0v) is 48.7. The van der Waals surface area contributed by atoms with Gasteiger partial charge in [0.25, 0.3) is 0 Å². The van der Waals surface area contributed by atoms with Crippen molar-refractivity contribution in [1.82, 2.24) is 0 Å². The average Bonchev–Trinajstić information content (AvgIpc) is 2.80. The van der Waals surface area contributed by atoms with E-state index in [2.05, 4.69) is 13.8 Å². The highest BCUT2D eigenvalue weighted by atomic mass is 16.7. The summed E-state index contributed by atoms with van der Waals surface area (Å²) < 4.78 is 50.3. The lowest BCUT2D eigenvalue weighted by molar-refractivity contribution is -0.282. The third-order valence-electron chi connectivity index (χ3n) is 15.0. The number of carbonyl (C=O) groups is 3. The molecule has 3 aliphatic rings. The average molecular weight is 1270 g/mol. The summed E-state index contributed by atoms with van der Waals surface area (Å²) in [5, 5.41) is 87.7. The maximum atomic E-state index is 12.1. The molecule has 3 fully saturated rings. The number of ketones is 3. The molecule has 6 unspecified atom stereocenters. The SMILES string of the molecule is C.C.C.C.C.C.C.C.CC(C)CCOCCC(=O)CCCCCCCO[C@@H]1OC(CO)[C@H](O)C(O)[C@@H]1C.C[C@H]1C(O)[C@@H](O)C(CO)O[C@H]1OCCCCCCCC(=O)CCOCCOCCC(=O)CCCCCCCO[C@@H]1OC(CO)[C@H](O)C(O)[C@@H]1C. The van der Waals surface area contributed by atoms with E-state index in [1.165, 1.54) is 0 Å². The quantitative estimate of drug-likeness (QED) is 0.0256. The summed E-state index contributed by atoms with van der Waals surface area (Å²) >= 11 is 0. The molecule has 87 heavy (non-hydrogen) atoms. The number of ether oxygens (including phenoxy) is 9. The molecule has 3 aliphatic heterocycles. The zero-order valence-electron chi connectivity index (χ0n) is 48.7. The predicted octanol–water partition coefficient (Wildman–Crippen LogP) is 9.33. The van der Waals surface area contributed by atoms with E-state index in [1.807, 2.05) is 0 Å². The summed E-state index contributed by atoms with van der Waals surface area (Å²) in [7, 11) is 0. The van der Waals surface area contributed by atoms with E-state index < -0.39 is 85.6 Å². The van der Waals surface area contributed by atoms with Crippen molar-refractivity contribution in [2.45, 2.75) is 309 Å². The third-order valence-corrected chi connectivity index (χ3v) is 15.0. The van der Waals surface area contributed by atoms with Crippen LogP contribution >= 0.6 is 0 Å². The first kappa shape index (κ1) is 98.9. The second kappa shape index (κ2) is 60.5. The minimum atomic E-state index is -1.13. The standard InChI is InChI=1S/C36H66O14.C22H42O7.8CH4/c1-25-31(41)33(43)29(23-37)49-35(25)47-17-11-7-3-5-9-13-27(39)15-19-45-21-22-46-20-16-28(40)14-10-6-4-8-12-18-48-36-26(2)32(42)34(44)30(24-38)50-36;1-16(2)10-13-27-14-11-18(24)9-7-5-4-6-8-12-28-22-17(3)20(25)21(26)19(15-23)29-22;;;;;;;;/h25-26,29-38,41-44H,3-24H2,1-2H3;16-17,19-23,25-26H,4-15H2,1-3H3;8*1H4/t25-,26-,29?,30?,31?,32?,33-,34-,35+,36+;17-,19?,20?,21-,22+;;;;;;;;/m00......../s1. The smallest absolute Gasteiger partial charge is 0.163 e. The Morgan fingerprint density at radius 1 is 0.333 bits per heavy atom. The number of aliphatic hydroxyl groups excluding tert-OH is 9. The minimum Gasteiger partial charge on any atom is -0.394 e. The molecule has 0 spiro atoms. The van der Waals surface area contributed by atoms with Crippen LogP contribution in [0.4, 0.5) is 0 Å². The van der Waals surface area contributed by atoms with Gasteiger partial charge in [0.1, 0.15) is 54.0 Å². The van der Waals surface area contributed by atoms with E-state index in [9.17, 15) is 60.3 Å². The second-order valence-corrected chi connectivity index (χ2v) is 22.2. The molecule has 21 nitrogen and oxygen atoms in total. The number of Topliss-reactive ketones (excluding diaryl/α,β-unsaturated/α-hetero) is 3. The highest BCUT2D eigenvalue weighted by Gasteiger charge is 2.44. The summed E-state index contributed by atoms with van der Waals surface area (Å²) in [6.45, 7) is 12.6. The Morgan fingerprint density at radius 3 is 0.828 bits per heavy atom. The molecular formula is C66H140O21. The monoisotopic (exact) mass is 1270 g/mol. The first-order valence-corrected chi connectivity index (χ1v) is 30.0. The Hall–Kier alpha value is -1.71. The Morgan fingerprint density at radius 2 is 0.575 bits per heavy atom. The van der Waals surface area contributed by atoms with Gasteiger partial charge in [-0.3, -0.25) is 14.4 Å². The van der Waals surface area contributed by atoms with Crippen LogP contribution in [-0.2, 0) is 57.0 Å². The largest absolute Gasteiger partial charge is 0.394 e. The van der Waals surface area contributed by atoms with Crippen molar-refractivity contribution in [1.29, 1.82) is 0 Å². The lowest BCUT2D eigenvalue weighted by Gasteiger charge is -2.40. The summed E-state index contributed by atoms with van der Waals surface area (Å²) in [6, 6.07) is 0. The highest BCUT2D eigenvalue weighted by Crippen LogP contribution is 2.29. The van der Waals surface area contributed by atoms with Crippen LogP contribution in [-0.4, -0.2) is 216 Å². The number of aliphatic hydroxyl groups is 9. The summed E-state index contributed by atoms with van der Waals surface area (Å²) in [5.74, 6) is 0.129. The maximum absolute atomic E-state index is 12.1. The van der Waals surface area contributed by atoms with Crippen molar-refractivity contribution in [2.75, 3.05) is 79.3 Å². The van der Waals surface area contributed by atoms with Gasteiger partial charge in [0.15, 0.2) is 18.9 Å². The van der Waals surface area contributed by atoms with Crippen LogP contribution < -0.4 is 0 Å². The first-order chi connectivity index (χ1) is 38.0. The molecule has 0 bridgehead atoms. The summed E-state index contributed by atoms with van der Waals surface area (Å²) in [5.41, 5.74) is 0. The molecule has 0 aromatic heterocycles. The molecule has 0 radical (unpaired) electrons. The number of hydrogen-bond donors (Lipinski definition) is 9. The van der Waals surface area contributed by atoms with E-state index in [0.29, 0.717) is 97.3 Å². The Bertz CT molecular complexity index is 1450. The van der Waals surface area contributed by atoms with Crippen LogP contribution in [0.5, 0.6) is 0 Å². The summed E-state index contributed by atoms with van der Waals surface area (Å²) in [4.78, 5) is 36.0. The van der Waals surface area contributed by atoms with E-state index in [1.54, 1.807) is 20.8 Å². The maximum Gasteiger partial charge on any atom is 0.163 e. The van der Waals surface area contributed by atoms with Crippen LogP contribution in [0.2, 0.25) is 0 Å². The molecule has 530 valence electrons. The van der Waals surface area contributed by atoms with Gasteiger partial charge in [0, 0.05) is 82.7 Å². The van der Waals surface area contributed by atoms with Gasteiger partial charge in [0.2, 0.25) is 0 Å². The molecule has 3 heterocycles. The van der Waals surface area contributed by atoms with Gasteiger partial charge in [0.05, 0.1) is 71.2 Å². The third kappa shape index (κ3) is 42.2. The summed E-state index contributed by atoms with van der Waals surface area (Å²) in [6.07, 6.45) is 7.12. The van der Waals surface area contributed by atoms with Crippen LogP contribution in [0.25, 0.3) is 0 Å². The normalized spacial score (nSPS) is 26.4. The molecule has 0 aromatic carbocycles. The Labute approximate surface area is 530 Å². The second-order valence-electron chi connectivity index (χ2n) is 22.2. The highest BCUT2D eigenvalue weighted by molar-refractivity contribution is 5.79. The van der Waals surface area contributed by atoms with Crippen molar-refractivity contribution in [2.24, 2.45) is 23.7 Å². The van der Waals surface area contributed by atoms with Gasteiger partial charge < -0.3 is 88.6 Å². The molecule has 0 aliphatic carbocycles. The fourth-order valence-corrected chi connectivity index (χ4v) is 9.37. The van der Waals surface area contributed by atoms with Crippen molar-refractivity contribution in [3.63, 3.8) is 0 Å². The van der Waals surface area contributed by atoms with E-state index in [0.717, 1.165) is 109 Å². The van der Waals surface area contributed by atoms with Crippen LogP contribution in [0.15, 0.2) is 0 Å². The zero-order chi connectivity index (χ0) is 58.4. The van der Waals surface area contributed by atoms with Gasteiger partial charge in [-0.1, -0.05) is 152 Å².